The highest BCUT2D eigenvalue weighted by atomic mass is 35.5. The van der Waals surface area contributed by atoms with E-state index in [4.69, 9.17) is 22.1 Å². The number of benzene rings is 1. The Morgan fingerprint density at radius 2 is 2.14 bits per heavy atom. The van der Waals surface area contributed by atoms with Crippen LogP contribution in [0.5, 0.6) is 5.88 Å². The van der Waals surface area contributed by atoms with Gasteiger partial charge in [0.25, 0.3) is 0 Å². The first-order valence-electron chi connectivity index (χ1n) is 7.08. The van der Waals surface area contributed by atoms with Crippen molar-refractivity contribution in [3.8, 4) is 5.88 Å². The molecular formula is C16H18ClN3O. The SMILES string of the molecule is Nc1ccc(NCc2cccc(Cl)c2)nc1OCC1CC1. The fourth-order valence-electron chi connectivity index (χ4n) is 1.99. The van der Waals surface area contributed by atoms with E-state index in [2.05, 4.69) is 10.3 Å². The number of pyridine rings is 1. The minimum Gasteiger partial charge on any atom is -0.476 e. The zero-order valence-corrected chi connectivity index (χ0v) is 12.4. The van der Waals surface area contributed by atoms with E-state index in [0.29, 0.717) is 30.6 Å². The van der Waals surface area contributed by atoms with Crippen LogP contribution >= 0.6 is 11.6 Å². The second-order valence-electron chi connectivity index (χ2n) is 5.33. The van der Waals surface area contributed by atoms with Crippen LogP contribution in [0.3, 0.4) is 0 Å². The summed E-state index contributed by atoms with van der Waals surface area (Å²) in [6.45, 7) is 1.36. The molecule has 5 heteroatoms. The molecule has 0 saturated heterocycles. The Bertz CT molecular complexity index is 629. The van der Waals surface area contributed by atoms with Crippen LogP contribution in [0.15, 0.2) is 36.4 Å². The van der Waals surface area contributed by atoms with Crippen LogP contribution in [-0.2, 0) is 6.54 Å². The molecule has 0 unspecified atom stereocenters. The monoisotopic (exact) mass is 303 g/mol. The van der Waals surface area contributed by atoms with Gasteiger partial charge in [-0.1, -0.05) is 23.7 Å². The smallest absolute Gasteiger partial charge is 0.239 e. The van der Waals surface area contributed by atoms with E-state index in [1.165, 1.54) is 12.8 Å². The van der Waals surface area contributed by atoms with E-state index < -0.39 is 0 Å². The lowest BCUT2D eigenvalue weighted by Gasteiger charge is -2.11. The van der Waals surface area contributed by atoms with E-state index in [0.717, 1.165) is 16.4 Å². The van der Waals surface area contributed by atoms with Gasteiger partial charge in [-0.25, -0.2) is 0 Å². The summed E-state index contributed by atoms with van der Waals surface area (Å²) in [5, 5.41) is 3.98. The number of ether oxygens (including phenoxy) is 1. The van der Waals surface area contributed by atoms with Crippen molar-refractivity contribution in [2.24, 2.45) is 5.92 Å². The lowest BCUT2D eigenvalue weighted by Crippen LogP contribution is -2.07. The number of nitrogens with two attached hydrogens (primary N) is 1. The molecule has 4 nitrogen and oxygen atoms in total. The van der Waals surface area contributed by atoms with E-state index in [-0.39, 0.29) is 0 Å². The molecule has 1 heterocycles. The molecule has 1 fully saturated rings. The van der Waals surface area contributed by atoms with Gasteiger partial charge in [-0.05, 0) is 48.6 Å². The molecule has 0 atom stereocenters. The maximum absolute atomic E-state index is 5.97. The number of hydrogen-bond donors (Lipinski definition) is 2. The number of nitrogen functional groups attached to an aromatic ring is 1. The third-order valence-electron chi connectivity index (χ3n) is 3.41. The zero-order chi connectivity index (χ0) is 14.7. The van der Waals surface area contributed by atoms with Crippen molar-refractivity contribution in [1.82, 2.24) is 4.98 Å². The molecule has 3 N–H and O–H groups in total. The average molecular weight is 304 g/mol. The molecule has 110 valence electrons. The summed E-state index contributed by atoms with van der Waals surface area (Å²) in [5.74, 6) is 1.93. The maximum atomic E-state index is 5.97. The Hall–Kier alpha value is -1.94. The van der Waals surface area contributed by atoms with Crippen molar-refractivity contribution in [3.05, 3.63) is 47.0 Å². The first-order chi connectivity index (χ1) is 10.2. The average Bonchev–Trinajstić information content (AvgIpc) is 3.29. The van der Waals surface area contributed by atoms with Gasteiger partial charge in [0.15, 0.2) is 0 Å². The summed E-state index contributed by atoms with van der Waals surface area (Å²) in [4.78, 5) is 4.42. The summed E-state index contributed by atoms with van der Waals surface area (Å²) in [5.41, 5.74) is 7.56. The molecule has 0 spiro atoms. The predicted octanol–water partition coefficient (Wildman–Crippen LogP) is 3.72. The van der Waals surface area contributed by atoms with E-state index >= 15 is 0 Å². The number of nitrogens with one attached hydrogen (secondary N) is 1. The lowest BCUT2D eigenvalue weighted by atomic mass is 10.2. The second-order valence-corrected chi connectivity index (χ2v) is 5.77. The Kier molecular flexibility index (Phi) is 4.15. The van der Waals surface area contributed by atoms with Gasteiger partial charge < -0.3 is 15.8 Å². The summed E-state index contributed by atoms with van der Waals surface area (Å²) in [7, 11) is 0. The third kappa shape index (κ3) is 4.02. The Labute approximate surface area is 129 Å². The van der Waals surface area contributed by atoms with E-state index in [1.807, 2.05) is 36.4 Å². The summed E-state index contributed by atoms with van der Waals surface area (Å²) in [6, 6.07) is 11.4. The number of nitrogens with zero attached hydrogens (tertiary/aromatic N) is 1. The maximum Gasteiger partial charge on any atom is 0.239 e. The molecule has 0 amide bonds. The second kappa shape index (κ2) is 6.22. The molecular weight excluding hydrogens is 286 g/mol. The molecule has 1 aliphatic rings. The summed E-state index contributed by atoms with van der Waals surface area (Å²) >= 11 is 5.97. The molecule has 1 aromatic carbocycles. The van der Waals surface area contributed by atoms with Gasteiger partial charge in [-0.3, -0.25) is 0 Å². The lowest BCUT2D eigenvalue weighted by molar-refractivity contribution is 0.290. The standard InChI is InChI=1S/C16H18ClN3O/c17-13-3-1-2-12(8-13)9-19-15-7-6-14(18)16(20-15)21-10-11-4-5-11/h1-3,6-8,11H,4-5,9-10,18H2,(H,19,20). The first kappa shape index (κ1) is 14.0. The van der Waals surface area contributed by atoms with Crippen LogP contribution in [-0.4, -0.2) is 11.6 Å². The highest BCUT2D eigenvalue weighted by Crippen LogP contribution is 2.30. The highest BCUT2D eigenvalue weighted by Gasteiger charge is 2.22. The number of anilines is 2. The minimum atomic E-state index is 0.512. The van der Waals surface area contributed by atoms with Crippen molar-refractivity contribution >= 4 is 23.1 Å². The molecule has 2 aromatic rings. The molecule has 1 saturated carbocycles. The Morgan fingerprint density at radius 3 is 2.90 bits per heavy atom. The predicted molar refractivity (Wildman–Crippen MR) is 85.6 cm³/mol. The molecule has 0 bridgehead atoms. The van der Waals surface area contributed by atoms with Gasteiger partial charge in [0.2, 0.25) is 5.88 Å². The normalized spacial score (nSPS) is 14.0. The van der Waals surface area contributed by atoms with Gasteiger partial charge >= 0.3 is 0 Å². The number of hydrogen-bond acceptors (Lipinski definition) is 4. The van der Waals surface area contributed by atoms with Crippen LogP contribution in [0.4, 0.5) is 11.5 Å². The van der Waals surface area contributed by atoms with E-state index in [1.54, 1.807) is 0 Å². The topological polar surface area (TPSA) is 60.2 Å². The fourth-order valence-corrected chi connectivity index (χ4v) is 2.20. The van der Waals surface area contributed by atoms with Crippen LogP contribution in [0.2, 0.25) is 5.02 Å². The quantitative estimate of drug-likeness (QED) is 0.854. The van der Waals surface area contributed by atoms with Crippen molar-refractivity contribution < 1.29 is 4.74 Å². The summed E-state index contributed by atoms with van der Waals surface area (Å²) < 4.78 is 5.68. The molecule has 0 aliphatic heterocycles. The largest absolute Gasteiger partial charge is 0.476 e. The Morgan fingerprint density at radius 1 is 1.29 bits per heavy atom. The zero-order valence-electron chi connectivity index (χ0n) is 11.7. The summed E-state index contributed by atoms with van der Waals surface area (Å²) in [6.07, 6.45) is 2.49. The molecule has 0 radical (unpaired) electrons. The van der Waals surface area contributed by atoms with Gasteiger partial charge in [-0.15, -0.1) is 0 Å². The highest BCUT2D eigenvalue weighted by molar-refractivity contribution is 6.30. The number of halogens is 1. The molecule has 3 rings (SSSR count). The van der Waals surface area contributed by atoms with Crippen molar-refractivity contribution in [2.45, 2.75) is 19.4 Å². The number of rotatable bonds is 6. The van der Waals surface area contributed by atoms with Crippen LogP contribution in [0.1, 0.15) is 18.4 Å². The first-order valence-corrected chi connectivity index (χ1v) is 7.46. The van der Waals surface area contributed by atoms with Crippen molar-refractivity contribution in [1.29, 1.82) is 0 Å². The van der Waals surface area contributed by atoms with Crippen molar-refractivity contribution in [3.63, 3.8) is 0 Å². The molecule has 1 aliphatic carbocycles. The van der Waals surface area contributed by atoms with Crippen LogP contribution in [0.25, 0.3) is 0 Å². The van der Waals surface area contributed by atoms with Gasteiger partial charge in [0.1, 0.15) is 5.82 Å². The fraction of sp³-hybridized carbons (Fsp3) is 0.312. The Balaban J connectivity index is 1.63. The van der Waals surface area contributed by atoms with Crippen LogP contribution < -0.4 is 15.8 Å². The molecule has 1 aromatic heterocycles. The minimum absolute atomic E-state index is 0.512. The van der Waals surface area contributed by atoms with Gasteiger partial charge in [0.05, 0.1) is 12.3 Å². The van der Waals surface area contributed by atoms with E-state index in [9.17, 15) is 0 Å². The van der Waals surface area contributed by atoms with Crippen LogP contribution in [0, 0.1) is 5.92 Å². The molecule has 21 heavy (non-hydrogen) atoms. The van der Waals surface area contributed by atoms with Crippen molar-refractivity contribution in [2.75, 3.05) is 17.7 Å². The van der Waals surface area contributed by atoms with Gasteiger partial charge in [-0.2, -0.15) is 4.98 Å². The number of aromatic nitrogens is 1. The third-order valence-corrected chi connectivity index (χ3v) is 3.64. The van der Waals surface area contributed by atoms with Gasteiger partial charge in [0, 0.05) is 11.6 Å².